The lowest BCUT2D eigenvalue weighted by Gasteiger charge is -2.13. The molecule has 0 aliphatic rings. The number of benzene rings is 2. The number of nitrogens with zero attached hydrogens (tertiary/aromatic N) is 2. The standard InChI is InChI=1S/C18H19N3O4S/c1-3-25-17(22)12-8-9-14(19)13(10-12)11-26(23)18-20-15-6-4-5-7-16(15)21(18)24-2/h4-10H,3,11,19H2,1-2H3/t26-/m0/s1. The average Bonchev–Trinajstić information content (AvgIpc) is 3.02. The minimum absolute atomic E-state index is 0.103. The summed E-state index contributed by atoms with van der Waals surface area (Å²) in [6.07, 6.45) is 0. The zero-order valence-corrected chi connectivity index (χ0v) is 15.3. The molecular weight excluding hydrogens is 354 g/mol. The van der Waals surface area contributed by atoms with E-state index >= 15 is 0 Å². The molecule has 2 aromatic carbocycles. The first-order chi connectivity index (χ1) is 12.5. The maximum Gasteiger partial charge on any atom is 0.357 e. The van der Waals surface area contributed by atoms with Gasteiger partial charge in [0.25, 0.3) is 0 Å². The molecule has 26 heavy (non-hydrogen) atoms. The predicted octanol–water partition coefficient (Wildman–Crippen LogP) is 2.16. The van der Waals surface area contributed by atoms with Crippen molar-refractivity contribution in [1.82, 2.24) is 9.71 Å². The van der Waals surface area contributed by atoms with Crippen LogP contribution < -0.4 is 10.6 Å². The molecule has 7 nitrogen and oxygen atoms in total. The van der Waals surface area contributed by atoms with Crippen LogP contribution in [-0.4, -0.2) is 34.0 Å². The maximum absolute atomic E-state index is 12.9. The number of imidazole rings is 1. The number of anilines is 1. The highest BCUT2D eigenvalue weighted by Crippen LogP contribution is 2.24. The van der Waals surface area contributed by atoms with Gasteiger partial charge >= 0.3 is 11.1 Å². The predicted molar refractivity (Wildman–Crippen MR) is 99.2 cm³/mol. The van der Waals surface area contributed by atoms with E-state index in [4.69, 9.17) is 15.3 Å². The first-order valence-corrected chi connectivity index (χ1v) is 9.33. The van der Waals surface area contributed by atoms with Gasteiger partial charge in [-0.3, -0.25) is 0 Å². The van der Waals surface area contributed by atoms with Gasteiger partial charge in [0, 0.05) is 22.4 Å². The largest absolute Gasteiger partial charge is 0.609 e. The highest BCUT2D eigenvalue weighted by atomic mass is 32.2. The molecule has 0 amide bonds. The van der Waals surface area contributed by atoms with Crippen LogP contribution in [0.1, 0.15) is 22.8 Å². The first-order valence-electron chi connectivity index (χ1n) is 8.01. The van der Waals surface area contributed by atoms with E-state index in [9.17, 15) is 9.35 Å². The summed E-state index contributed by atoms with van der Waals surface area (Å²) in [5.41, 5.74) is 8.81. The molecule has 0 spiro atoms. The summed E-state index contributed by atoms with van der Waals surface area (Å²) in [6.45, 7) is 2.02. The molecule has 1 heterocycles. The van der Waals surface area contributed by atoms with Crippen LogP contribution in [0, 0.1) is 0 Å². The quantitative estimate of drug-likeness (QED) is 0.403. The number of aromatic nitrogens is 2. The Morgan fingerprint density at radius 1 is 1.31 bits per heavy atom. The smallest absolute Gasteiger partial charge is 0.357 e. The minimum Gasteiger partial charge on any atom is -0.609 e. The van der Waals surface area contributed by atoms with Crippen molar-refractivity contribution >= 4 is 33.9 Å². The Morgan fingerprint density at radius 3 is 2.81 bits per heavy atom. The van der Waals surface area contributed by atoms with Crippen LogP contribution in [0.25, 0.3) is 11.0 Å². The van der Waals surface area contributed by atoms with Gasteiger partial charge in [-0.1, -0.05) is 12.1 Å². The van der Waals surface area contributed by atoms with Crippen molar-refractivity contribution in [3.63, 3.8) is 0 Å². The molecule has 0 fully saturated rings. The molecule has 1 atom stereocenters. The van der Waals surface area contributed by atoms with E-state index in [-0.39, 0.29) is 17.5 Å². The van der Waals surface area contributed by atoms with Gasteiger partial charge in [-0.05, 0) is 37.3 Å². The maximum atomic E-state index is 12.9. The van der Waals surface area contributed by atoms with Crippen LogP contribution >= 0.6 is 0 Å². The van der Waals surface area contributed by atoms with E-state index in [1.807, 2.05) is 24.3 Å². The van der Waals surface area contributed by atoms with Gasteiger partial charge in [-0.15, -0.1) is 4.73 Å². The summed E-state index contributed by atoms with van der Waals surface area (Å²) in [5, 5.41) is 0.287. The number of para-hydroxylation sites is 2. The Hall–Kier alpha value is -2.71. The molecule has 0 unspecified atom stereocenters. The van der Waals surface area contributed by atoms with Crippen LogP contribution in [0.5, 0.6) is 0 Å². The van der Waals surface area contributed by atoms with E-state index < -0.39 is 17.1 Å². The fourth-order valence-corrected chi connectivity index (χ4v) is 3.80. The number of fused-ring (bicyclic) bond motifs is 1. The zero-order valence-electron chi connectivity index (χ0n) is 14.5. The second kappa shape index (κ2) is 7.67. The molecule has 1 aromatic heterocycles. The lowest BCUT2D eigenvalue weighted by molar-refractivity contribution is 0.0526. The van der Waals surface area contributed by atoms with Crippen LogP contribution in [-0.2, 0) is 21.7 Å². The summed E-state index contributed by atoms with van der Waals surface area (Å²) < 4.78 is 19.3. The zero-order chi connectivity index (χ0) is 18.7. The van der Waals surface area contributed by atoms with Crippen LogP contribution in [0.4, 0.5) is 5.69 Å². The fourth-order valence-electron chi connectivity index (χ4n) is 2.58. The molecule has 3 aromatic rings. The molecule has 2 N–H and O–H groups in total. The number of hydrogen-bond acceptors (Lipinski definition) is 6. The van der Waals surface area contributed by atoms with Crippen LogP contribution in [0.15, 0.2) is 47.6 Å². The molecule has 3 rings (SSSR count). The van der Waals surface area contributed by atoms with Crippen LogP contribution in [0.2, 0.25) is 0 Å². The number of hydrogen-bond donors (Lipinski definition) is 1. The Morgan fingerprint density at radius 2 is 2.08 bits per heavy atom. The number of carbonyl (C=O) groups is 1. The van der Waals surface area contributed by atoms with E-state index in [0.717, 1.165) is 5.52 Å². The monoisotopic (exact) mass is 373 g/mol. The SMILES string of the molecule is CCOC(=O)c1ccc(N)c(C[S@+]([O-])c2nc3ccccc3n2OC)c1. The second-order valence-corrected chi connectivity index (χ2v) is 6.83. The summed E-state index contributed by atoms with van der Waals surface area (Å²) in [4.78, 5) is 21.6. The molecule has 136 valence electrons. The lowest BCUT2D eigenvalue weighted by Crippen LogP contribution is -2.17. The number of esters is 1. The van der Waals surface area contributed by atoms with Crippen molar-refractivity contribution in [2.24, 2.45) is 0 Å². The average molecular weight is 373 g/mol. The molecule has 0 aliphatic heterocycles. The van der Waals surface area contributed by atoms with Gasteiger partial charge < -0.3 is 19.9 Å². The molecule has 0 bridgehead atoms. The second-order valence-electron chi connectivity index (χ2n) is 5.48. The van der Waals surface area contributed by atoms with Crippen molar-refractivity contribution in [1.29, 1.82) is 0 Å². The van der Waals surface area contributed by atoms with Gasteiger partial charge in [0.05, 0.1) is 17.7 Å². The van der Waals surface area contributed by atoms with Gasteiger partial charge in [-0.25, -0.2) is 4.79 Å². The summed E-state index contributed by atoms with van der Waals surface area (Å²) in [6, 6.07) is 12.2. The van der Waals surface area contributed by atoms with Gasteiger partial charge in [-0.2, -0.15) is 4.98 Å². The van der Waals surface area contributed by atoms with Gasteiger partial charge in [0.15, 0.2) is 0 Å². The molecule has 0 saturated carbocycles. The van der Waals surface area contributed by atoms with Crippen molar-refractivity contribution in [2.45, 2.75) is 17.8 Å². The highest BCUT2D eigenvalue weighted by Gasteiger charge is 2.24. The molecule has 0 aliphatic carbocycles. The van der Waals surface area contributed by atoms with Crippen molar-refractivity contribution in [2.75, 3.05) is 19.5 Å². The highest BCUT2D eigenvalue weighted by molar-refractivity contribution is 7.90. The van der Waals surface area contributed by atoms with Crippen LogP contribution in [0.3, 0.4) is 0 Å². The van der Waals surface area contributed by atoms with Crippen molar-refractivity contribution in [3.8, 4) is 0 Å². The van der Waals surface area contributed by atoms with Crippen molar-refractivity contribution in [3.05, 3.63) is 53.6 Å². The lowest BCUT2D eigenvalue weighted by atomic mass is 10.1. The third-order valence-electron chi connectivity index (χ3n) is 3.82. The Balaban J connectivity index is 1.92. The van der Waals surface area contributed by atoms with Gasteiger partial charge in [0.2, 0.25) is 0 Å². The van der Waals surface area contributed by atoms with Crippen molar-refractivity contribution < 1.29 is 18.9 Å². The van der Waals surface area contributed by atoms with E-state index in [1.165, 1.54) is 11.8 Å². The molecule has 0 radical (unpaired) electrons. The van der Waals surface area contributed by atoms with E-state index in [1.54, 1.807) is 25.1 Å². The fraction of sp³-hybridized carbons (Fsp3) is 0.222. The van der Waals surface area contributed by atoms with E-state index in [2.05, 4.69) is 4.98 Å². The number of rotatable bonds is 6. The Bertz CT molecular complexity index is 941. The molecule has 8 heteroatoms. The summed E-state index contributed by atoms with van der Waals surface area (Å²) >= 11 is -1.52. The normalized spacial score (nSPS) is 12.1. The summed E-state index contributed by atoms with van der Waals surface area (Å²) in [7, 11) is 1.49. The number of ether oxygens (including phenoxy) is 1. The Labute approximate surface area is 153 Å². The number of nitrogen functional groups attached to an aromatic ring is 1. The molecule has 0 saturated heterocycles. The third kappa shape index (κ3) is 3.47. The summed E-state index contributed by atoms with van der Waals surface area (Å²) in [5.74, 6) is -0.338. The number of carbonyl (C=O) groups excluding carboxylic acids is 1. The Kier molecular flexibility index (Phi) is 5.34. The first kappa shape index (κ1) is 18.1. The van der Waals surface area contributed by atoms with E-state index in [0.29, 0.717) is 22.3 Å². The molecular formula is C18H19N3O4S. The third-order valence-corrected chi connectivity index (χ3v) is 5.05. The number of nitrogens with two attached hydrogens (primary N) is 1. The van der Waals surface area contributed by atoms with Gasteiger partial charge in [0.1, 0.15) is 18.4 Å². The minimum atomic E-state index is -1.52. The topological polar surface area (TPSA) is 102 Å².